The third kappa shape index (κ3) is 3.41. The SMILES string of the molecule is N=c1o[n-][n+](CCc2ccccc2)c1/C=C/c1ccccc1. The maximum atomic E-state index is 7.84. The number of benzene rings is 2. The standard InChI is InChI=1S/C18H17N3O/c19-18-17(12-11-15-7-3-1-4-8-15)21(20-22-18)14-13-16-9-5-2-6-10-16/h1-12,19H,13-14H2/b12-11+,19-18?. The molecule has 0 unspecified atom stereocenters. The molecule has 0 fully saturated rings. The van der Waals surface area contributed by atoms with Gasteiger partial charge >= 0.3 is 0 Å². The van der Waals surface area contributed by atoms with Crippen LogP contribution in [0, 0.1) is 5.41 Å². The van der Waals surface area contributed by atoms with Gasteiger partial charge in [-0.25, -0.2) is 4.68 Å². The van der Waals surface area contributed by atoms with E-state index in [1.807, 2.05) is 60.7 Å². The summed E-state index contributed by atoms with van der Waals surface area (Å²) < 4.78 is 6.73. The molecule has 1 heterocycles. The molecule has 0 aliphatic heterocycles. The summed E-state index contributed by atoms with van der Waals surface area (Å²) >= 11 is 0. The molecule has 0 saturated heterocycles. The molecule has 4 heteroatoms. The lowest BCUT2D eigenvalue weighted by molar-refractivity contribution is -0.768. The van der Waals surface area contributed by atoms with Crippen LogP contribution in [0.3, 0.4) is 0 Å². The first-order valence-electron chi connectivity index (χ1n) is 7.21. The number of aromatic nitrogens is 2. The smallest absolute Gasteiger partial charge is 0.273 e. The molecule has 0 atom stereocenters. The lowest BCUT2D eigenvalue weighted by Crippen LogP contribution is -2.42. The number of nitrogens with one attached hydrogen (secondary N) is 1. The molecular formula is C18H17N3O. The van der Waals surface area contributed by atoms with E-state index in [2.05, 4.69) is 17.4 Å². The molecule has 0 bridgehead atoms. The summed E-state index contributed by atoms with van der Waals surface area (Å²) in [4.78, 5) is 0. The first kappa shape index (κ1) is 14.1. The minimum Gasteiger partial charge on any atom is -0.487 e. The number of nitrogens with zero attached hydrogens (tertiary/aromatic N) is 2. The predicted molar refractivity (Wildman–Crippen MR) is 83.6 cm³/mol. The summed E-state index contributed by atoms with van der Waals surface area (Å²) in [5.74, 6) is 0. The Kier molecular flexibility index (Phi) is 4.30. The van der Waals surface area contributed by atoms with Crippen LogP contribution in [0.25, 0.3) is 12.2 Å². The van der Waals surface area contributed by atoms with Crippen LogP contribution in [0.15, 0.2) is 65.2 Å². The second-order valence-corrected chi connectivity index (χ2v) is 4.99. The van der Waals surface area contributed by atoms with Crippen LogP contribution in [0.2, 0.25) is 0 Å². The Labute approximate surface area is 128 Å². The molecule has 3 rings (SSSR count). The summed E-state index contributed by atoms with van der Waals surface area (Å²) in [5.41, 5.74) is 3.08. The molecule has 1 N–H and O–H groups in total. The molecule has 0 radical (unpaired) electrons. The van der Waals surface area contributed by atoms with Crippen molar-refractivity contribution in [2.45, 2.75) is 13.0 Å². The topological polar surface area (TPSA) is 55.0 Å². The highest BCUT2D eigenvalue weighted by molar-refractivity contribution is 5.66. The van der Waals surface area contributed by atoms with Gasteiger partial charge in [-0.1, -0.05) is 60.7 Å². The zero-order chi connectivity index (χ0) is 15.2. The average Bonchev–Trinajstić information content (AvgIpc) is 2.93. The molecule has 2 aromatic carbocycles. The summed E-state index contributed by atoms with van der Waals surface area (Å²) in [6, 6.07) is 20.2. The monoisotopic (exact) mass is 291 g/mol. The van der Waals surface area contributed by atoms with E-state index in [9.17, 15) is 0 Å². The van der Waals surface area contributed by atoms with Gasteiger partial charge in [-0.15, -0.1) is 0 Å². The van der Waals surface area contributed by atoms with Gasteiger partial charge in [0.1, 0.15) is 6.54 Å². The van der Waals surface area contributed by atoms with E-state index >= 15 is 0 Å². The normalized spacial score (nSPS) is 11.1. The van der Waals surface area contributed by atoms with Crippen LogP contribution in [-0.2, 0) is 13.0 Å². The molecule has 0 spiro atoms. The van der Waals surface area contributed by atoms with E-state index in [1.54, 1.807) is 4.68 Å². The highest BCUT2D eigenvalue weighted by Gasteiger charge is 2.08. The van der Waals surface area contributed by atoms with Crippen molar-refractivity contribution in [2.75, 3.05) is 0 Å². The zero-order valence-electron chi connectivity index (χ0n) is 12.1. The van der Waals surface area contributed by atoms with Crippen molar-refractivity contribution >= 4 is 12.2 Å². The summed E-state index contributed by atoms with van der Waals surface area (Å²) in [7, 11) is 0. The van der Waals surface area contributed by atoms with Crippen LogP contribution in [0.5, 0.6) is 0 Å². The van der Waals surface area contributed by atoms with Gasteiger partial charge in [-0.2, -0.15) is 0 Å². The van der Waals surface area contributed by atoms with Crippen LogP contribution in [0.4, 0.5) is 0 Å². The number of hydrogen-bond acceptors (Lipinski definition) is 2. The highest BCUT2D eigenvalue weighted by Crippen LogP contribution is 2.03. The zero-order valence-corrected chi connectivity index (χ0v) is 12.1. The van der Waals surface area contributed by atoms with Crippen molar-refractivity contribution in [3.05, 3.63) is 83.0 Å². The van der Waals surface area contributed by atoms with Crippen LogP contribution in [-0.4, -0.2) is 0 Å². The average molecular weight is 291 g/mol. The van der Waals surface area contributed by atoms with Gasteiger partial charge in [0.25, 0.3) is 11.2 Å². The van der Waals surface area contributed by atoms with Gasteiger partial charge in [0.05, 0.1) is 0 Å². The van der Waals surface area contributed by atoms with E-state index in [4.69, 9.17) is 9.93 Å². The van der Waals surface area contributed by atoms with Gasteiger partial charge in [0, 0.05) is 12.5 Å². The number of hydrogen-bond donors (Lipinski definition) is 1. The Morgan fingerprint density at radius 1 is 0.955 bits per heavy atom. The second-order valence-electron chi connectivity index (χ2n) is 4.99. The lowest BCUT2D eigenvalue weighted by atomic mass is 10.1. The molecule has 0 amide bonds. The van der Waals surface area contributed by atoms with Crippen molar-refractivity contribution < 1.29 is 9.20 Å². The fraction of sp³-hybridized carbons (Fsp3) is 0.111. The van der Waals surface area contributed by atoms with E-state index in [1.165, 1.54) is 5.56 Å². The van der Waals surface area contributed by atoms with E-state index in [0.717, 1.165) is 12.0 Å². The van der Waals surface area contributed by atoms with Crippen LogP contribution < -0.4 is 15.5 Å². The minimum absolute atomic E-state index is 0.0836. The fourth-order valence-corrected chi connectivity index (χ4v) is 2.24. The van der Waals surface area contributed by atoms with E-state index in [0.29, 0.717) is 12.2 Å². The summed E-state index contributed by atoms with van der Waals surface area (Å²) in [6.45, 7) is 0.681. The van der Waals surface area contributed by atoms with E-state index < -0.39 is 0 Å². The molecule has 0 saturated carbocycles. The van der Waals surface area contributed by atoms with Gasteiger partial charge in [0.15, 0.2) is 0 Å². The third-order valence-corrected chi connectivity index (χ3v) is 3.43. The van der Waals surface area contributed by atoms with Gasteiger partial charge in [0.2, 0.25) is 0 Å². The molecule has 0 aliphatic carbocycles. The Balaban J connectivity index is 1.76. The van der Waals surface area contributed by atoms with Crippen LogP contribution in [0.1, 0.15) is 16.8 Å². The van der Waals surface area contributed by atoms with Gasteiger partial charge in [-0.3, -0.25) is 10.7 Å². The van der Waals surface area contributed by atoms with Gasteiger partial charge < -0.3 is 4.52 Å². The van der Waals surface area contributed by atoms with Crippen LogP contribution >= 0.6 is 0 Å². The Morgan fingerprint density at radius 2 is 1.64 bits per heavy atom. The quantitative estimate of drug-likeness (QED) is 0.734. The summed E-state index contributed by atoms with van der Waals surface area (Å²) in [5, 5.41) is 11.8. The second kappa shape index (κ2) is 6.72. The lowest BCUT2D eigenvalue weighted by Gasteiger charge is -2.01. The molecule has 1 aromatic heterocycles. The van der Waals surface area contributed by atoms with Crippen molar-refractivity contribution in [1.29, 1.82) is 5.41 Å². The first-order valence-corrected chi connectivity index (χ1v) is 7.21. The maximum Gasteiger partial charge on any atom is 0.273 e. The minimum atomic E-state index is 0.0836. The van der Waals surface area contributed by atoms with Crippen molar-refractivity contribution in [2.24, 2.45) is 0 Å². The molecule has 22 heavy (non-hydrogen) atoms. The van der Waals surface area contributed by atoms with Crippen molar-refractivity contribution in [3.63, 3.8) is 0 Å². The molecule has 3 aromatic rings. The van der Waals surface area contributed by atoms with Gasteiger partial charge in [-0.05, 0) is 17.2 Å². The Morgan fingerprint density at radius 3 is 2.36 bits per heavy atom. The van der Waals surface area contributed by atoms with Crippen molar-refractivity contribution in [3.8, 4) is 0 Å². The maximum absolute atomic E-state index is 7.84. The number of rotatable bonds is 5. The number of aryl methyl sites for hydroxylation is 2. The first-order chi connectivity index (χ1) is 10.8. The Bertz CT molecular complexity index is 801. The molecule has 110 valence electrons. The molecule has 4 nitrogen and oxygen atoms in total. The van der Waals surface area contributed by atoms with Crippen molar-refractivity contribution in [1.82, 2.24) is 5.27 Å². The molecular weight excluding hydrogens is 274 g/mol. The highest BCUT2D eigenvalue weighted by atomic mass is 16.5. The largest absolute Gasteiger partial charge is 0.487 e. The van der Waals surface area contributed by atoms with E-state index in [-0.39, 0.29) is 5.55 Å². The predicted octanol–water partition coefficient (Wildman–Crippen LogP) is 2.42. The fourth-order valence-electron chi connectivity index (χ4n) is 2.24. The molecule has 0 aliphatic rings. The Hall–Kier alpha value is -2.88. The summed E-state index contributed by atoms with van der Waals surface area (Å²) in [6.07, 6.45) is 4.69. The third-order valence-electron chi connectivity index (χ3n) is 3.43.